The van der Waals surface area contributed by atoms with Crippen LogP contribution in [0.15, 0.2) is 54.7 Å². The summed E-state index contributed by atoms with van der Waals surface area (Å²) in [5.41, 5.74) is 4.83. The van der Waals surface area contributed by atoms with Gasteiger partial charge in [-0.15, -0.1) is 0 Å². The highest BCUT2D eigenvalue weighted by Gasteiger charge is 2.43. The first kappa shape index (κ1) is 25.7. The predicted octanol–water partition coefficient (Wildman–Crippen LogP) is 4.68. The summed E-state index contributed by atoms with van der Waals surface area (Å²) in [6, 6.07) is 17.0. The number of ether oxygens (including phenoxy) is 2. The Labute approximate surface area is 207 Å². The van der Waals surface area contributed by atoms with Gasteiger partial charge in [0.2, 0.25) is 0 Å². The first-order valence-electron chi connectivity index (χ1n) is 11.5. The smallest absolute Gasteiger partial charge is 0.490 e. The lowest BCUT2D eigenvalue weighted by atomic mass is 10.0. The number of aromatic nitrogens is 2. The maximum atomic E-state index is 10.6. The Bertz CT molecular complexity index is 1210. The number of alkyl halides is 3. The number of aliphatic carboxylic acids is 1. The number of fused-ring (bicyclic) bond motifs is 1. The molecule has 1 fully saturated rings. The third kappa shape index (κ3) is 5.88. The third-order valence-electron chi connectivity index (χ3n) is 6.42. The molecule has 1 atom stereocenters. The average molecular weight is 504 g/mol. The van der Waals surface area contributed by atoms with Crippen molar-refractivity contribution in [1.29, 1.82) is 0 Å². The average Bonchev–Trinajstić information content (AvgIpc) is 3.43. The van der Waals surface area contributed by atoms with Gasteiger partial charge in [0.05, 0.1) is 25.5 Å². The van der Waals surface area contributed by atoms with Gasteiger partial charge in [-0.05, 0) is 36.6 Å². The second-order valence-electron chi connectivity index (χ2n) is 9.10. The molecule has 0 radical (unpaired) electrons. The lowest BCUT2D eigenvalue weighted by molar-refractivity contribution is -0.192. The molecule has 3 heterocycles. The standard InChI is InChI=1S/C24H27N3O2.C2HF3O2/c1-18-6-8-20(9-7-18)22-13-25-23-15-29-24(17-27(22)23)10-11-26(16-24)14-19-4-3-5-21(12-19)28-2;3-2(4,5)1(6)7/h3-9,12-13H,10-11,14-17H2,1-2H3;(H,6,7). The van der Waals surface area contributed by atoms with E-state index in [0.29, 0.717) is 6.61 Å². The maximum absolute atomic E-state index is 10.6. The van der Waals surface area contributed by atoms with E-state index in [9.17, 15) is 13.2 Å². The van der Waals surface area contributed by atoms with Crippen molar-refractivity contribution in [2.45, 2.75) is 44.8 Å². The zero-order valence-corrected chi connectivity index (χ0v) is 20.1. The number of hydrogen-bond acceptors (Lipinski definition) is 5. The Morgan fingerprint density at radius 3 is 2.58 bits per heavy atom. The van der Waals surface area contributed by atoms with Crippen LogP contribution in [0.5, 0.6) is 5.75 Å². The molecule has 2 aliphatic rings. The predicted molar refractivity (Wildman–Crippen MR) is 126 cm³/mol. The van der Waals surface area contributed by atoms with Crippen LogP contribution in [-0.4, -0.2) is 57.5 Å². The van der Waals surface area contributed by atoms with Crippen LogP contribution in [0, 0.1) is 6.92 Å². The van der Waals surface area contributed by atoms with Crippen molar-refractivity contribution < 1.29 is 32.5 Å². The van der Waals surface area contributed by atoms with E-state index in [-0.39, 0.29) is 5.60 Å². The molecule has 1 saturated heterocycles. The molecule has 1 spiro atoms. The number of carboxylic acid groups (broad SMARTS) is 1. The number of aryl methyl sites for hydroxylation is 1. The monoisotopic (exact) mass is 503 g/mol. The van der Waals surface area contributed by atoms with Crippen molar-refractivity contribution >= 4 is 5.97 Å². The van der Waals surface area contributed by atoms with Crippen molar-refractivity contribution in [2.75, 3.05) is 20.2 Å². The van der Waals surface area contributed by atoms with Crippen molar-refractivity contribution in [1.82, 2.24) is 14.5 Å². The van der Waals surface area contributed by atoms with Crippen LogP contribution < -0.4 is 4.74 Å². The van der Waals surface area contributed by atoms with E-state index in [1.807, 2.05) is 12.3 Å². The van der Waals surface area contributed by atoms with E-state index in [0.717, 1.165) is 44.2 Å². The largest absolute Gasteiger partial charge is 0.497 e. The maximum Gasteiger partial charge on any atom is 0.490 e. The second-order valence-corrected chi connectivity index (χ2v) is 9.10. The van der Waals surface area contributed by atoms with Gasteiger partial charge in [0, 0.05) is 19.6 Å². The molecule has 7 nitrogen and oxygen atoms in total. The number of benzene rings is 2. The molecule has 2 aromatic carbocycles. The third-order valence-corrected chi connectivity index (χ3v) is 6.42. The summed E-state index contributed by atoms with van der Waals surface area (Å²) in [4.78, 5) is 16.0. The van der Waals surface area contributed by atoms with Crippen LogP contribution in [0.2, 0.25) is 0 Å². The van der Waals surface area contributed by atoms with Gasteiger partial charge >= 0.3 is 12.1 Å². The van der Waals surface area contributed by atoms with Crippen molar-refractivity contribution in [3.8, 4) is 17.0 Å². The summed E-state index contributed by atoms with van der Waals surface area (Å²) in [7, 11) is 1.72. The molecule has 2 aliphatic heterocycles. The molecule has 1 unspecified atom stereocenters. The van der Waals surface area contributed by atoms with Crippen LogP contribution in [0.25, 0.3) is 11.3 Å². The molecule has 0 bridgehead atoms. The molecule has 36 heavy (non-hydrogen) atoms. The molecule has 192 valence electrons. The molecule has 0 aliphatic carbocycles. The van der Waals surface area contributed by atoms with Crippen LogP contribution in [0.1, 0.15) is 23.4 Å². The van der Waals surface area contributed by atoms with Gasteiger partial charge in [-0.1, -0.05) is 42.0 Å². The minimum atomic E-state index is -5.08. The van der Waals surface area contributed by atoms with Gasteiger partial charge in [0.25, 0.3) is 0 Å². The minimum Gasteiger partial charge on any atom is -0.497 e. The summed E-state index contributed by atoms with van der Waals surface area (Å²) in [6.45, 7) is 6.47. The molecule has 1 N–H and O–H groups in total. The normalized spacial score (nSPS) is 19.5. The Hall–Kier alpha value is -3.37. The highest BCUT2D eigenvalue weighted by molar-refractivity contribution is 5.73. The molecule has 10 heteroatoms. The van der Waals surface area contributed by atoms with E-state index in [4.69, 9.17) is 19.4 Å². The molecule has 0 saturated carbocycles. The number of hydrogen-bond donors (Lipinski definition) is 1. The summed E-state index contributed by atoms with van der Waals surface area (Å²) < 4.78 is 45.9. The molecule has 5 rings (SSSR count). The van der Waals surface area contributed by atoms with E-state index in [1.165, 1.54) is 22.4 Å². The minimum absolute atomic E-state index is 0.133. The van der Waals surface area contributed by atoms with Crippen LogP contribution in [0.3, 0.4) is 0 Å². The zero-order chi connectivity index (χ0) is 25.9. The second kappa shape index (κ2) is 10.3. The number of carboxylic acids is 1. The number of halogens is 3. The quantitative estimate of drug-likeness (QED) is 0.558. The van der Waals surface area contributed by atoms with Crippen molar-refractivity contribution in [3.63, 3.8) is 0 Å². The molecule has 0 amide bonds. The van der Waals surface area contributed by atoms with Gasteiger partial charge in [-0.2, -0.15) is 13.2 Å². The lowest BCUT2D eigenvalue weighted by Gasteiger charge is -2.35. The highest BCUT2D eigenvalue weighted by Crippen LogP contribution is 2.35. The van der Waals surface area contributed by atoms with E-state index in [2.05, 4.69) is 63.8 Å². The molecular weight excluding hydrogens is 475 g/mol. The number of carbonyl (C=O) groups is 1. The number of rotatable bonds is 4. The fourth-order valence-corrected chi connectivity index (χ4v) is 4.55. The van der Waals surface area contributed by atoms with Crippen LogP contribution in [0.4, 0.5) is 13.2 Å². The topological polar surface area (TPSA) is 76.8 Å². The Balaban J connectivity index is 0.000000384. The first-order valence-corrected chi connectivity index (χ1v) is 11.5. The van der Waals surface area contributed by atoms with Crippen molar-refractivity contribution in [3.05, 3.63) is 71.7 Å². The van der Waals surface area contributed by atoms with Crippen LogP contribution >= 0.6 is 0 Å². The Morgan fingerprint density at radius 2 is 1.92 bits per heavy atom. The Morgan fingerprint density at radius 1 is 1.19 bits per heavy atom. The summed E-state index contributed by atoms with van der Waals surface area (Å²) in [6.07, 6.45) is -2.05. The fraction of sp³-hybridized carbons (Fsp3) is 0.385. The first-order chi connectivity index (χ1) is 17.1. The van der Waals surface area contributed by atoms with Gasteiger partial charge in [0.15, 0.2) is 0 Å². The fourth-order valence-electron chi connectivity index (χ4n) is 4.55. The van der Waals surface area contributed by atoms with Crippen LogP contribution in [-0.2, 0) is 29.2 Å². The molecular formula is C26H28F3N3O4. The molecule has 3 aromatic rings. The van der Waals surface area contributed by atoms with E-state index >= 15 is 0 Å². The number of likely N-dealkylation sites (tertiary alicyclic amines) is 1. The van der Waals surface area contributed by atoms with Crippen molar-refractivity contribution in [2.24, 2.45) is 0 Å². The number of imidazole rings is 1. The van der Waals surface area contributed by atoms with Gasteiger partial charge < -0.3 is 19.1 Å². The summed E-state index contributed by atoms with van der Waals surface area (Å²) in [5, 5.41) is 7.12. The van der Waals surface area contributed by atoms with E-state index < -0.39 is 12.1 Å². The van der Waals surface area contributed by atoms with E-state index in [1.54, 1.807) is 7.11 Å². The molecule has 1 aromatic heterocycles. The summed E-state index contributed by atoms with van der Waals surface area (Å²) in [5.74, 6) is -0.818. The number of nitrogens with zero attached hydrogens (tertiary/aromatic N) is 3. The zero-order valence-electron chi connectivity index (χ0n) is 20.1. The van der Waals surface area contributed by atoms with Gasteiger partial charge in [-0.3, -0.25) is 4.90 Å². The number of methoxy groups -OCH3 is 1. The van der Waals surface area contributed by atoms with Gasteiger partial charge in [-0.25, -0.2) is 9.78 Å². The summed E-state index contributed by atoms with van der Waals surface area (Å²) >= 11 is 0. The SMILES string of the molecule is COc1cccc(CN2CCC3(C2)Cn2c(-c4ccc(C)cc4)cnc2CO3)c1.O=C(O)C(F)(F)F. The Kier molecular flexibility index (Phi) is 7.37. The lowest BCUT2D eigenvalue weighted by Crippen LogP contribution is -2.44. The highest BCUT2D eigenvalue weighted by atomic mass is 19.4. The van der Waals surface area contributed by atoms with Gasteiger partial charge in [0.1, 0.15) is 23.8 Å².